The molecule has 0 bridgehead atoms. The fourth-order valence-corrected chi connectivity index (χ4v) is 3.39. The van der Waals surface area contributed by atoms with Gasteiger partial charge in [-0.2, -0.15) is 5.10 Å². The summed E-state index contributed by atoms with van der Waals surface area (Å²) >= 11 is 0. The number of methoxy groups -OCH3 is 1. The van der Waals surface area contributed by atoms with Crippen molar-refractivity contribution in [2.24, 2.45) is 0 Å². The van der Waals surface area contributed by atoms with Crippen molar-refractivity contribution in [3.63, 3.8) is 0 Å². The van der Waals surface area contributed by atoms with Crippen LogP contribution >= 0.6 is 0 Å². The van der Waals surface area contributed by atoms with Gasteiger partial charge in [0.25, 0.3) is 0 Å². The summed E-state index contributed by atoms with van der Waals surface area (Å²) in [5, 5.41) is 14.5. The lowest BCUT2D eigenvalue weighted by Gasteiger charge is -2.27. The van der Waals surface area contributed by atoms with Gasteiger partial charge < -0.3 is 9.84 Å². The molecule has 23 heavy (non-hydrogen) atoms. The average Bonchev–Trinajstić information content (AvgIpc) is 3.20. The molecule has 0 unspecified atom stereocenters. The van der Waals surface area contributed by atoms with Gasteiger partial charge in [-0.1, -0.05) is 12.1 Å². The van der Waals surface area contributed by atoms with Gasteiger partial charge in [0.05, 0.1) is 19.8 Å². The van der Waals surface area contributed by atoms with Gasteiger partial charge in [-0.3, -0.25) is 9.58 Å². The third-order valence-electron chi connectivity index (χ3n) is 4.51. The van der Waals surface area contributed by atoms with Crippen molar-refractivity contribution in [3.8, 4) is 5.75 Å². The Morgan fingerprint density at radius 3 is 3.04 bits per heavy atom. The van der Waals surface area contributed by atoms with Gasteiger partial charge in [-0.05, 0) is 49.6 Å². The van der Waals surface area contributed by atoms with E-state index < -0.39 is 0 Å². The van der Waals surface area contributed by atoms with E-state index in [0.717, 1.165) is 18.7 Å². The Hall–Kier alpha value is -1.85. The molecule has 3 rings (SSSR count). The standard InChI is InChI=1S/C18H25N3O2/c1-23-18-7-2-5-15(12-18)11-16-6-3-9-20(16)13-17(22)14-21-10-4-8-19-21/h2,4-5,7-8,10,12,16-17,22H,3,6,9,11,13-14H2,1H3/t16-,17+/m0/s1. The molecule has 0 radical (unpaired) electrons. The molecule has 1 aromatic heterocycles. The zero-order valence-corrected chi connectivity index (χ0v) is 13.6. The van der Waals surface area contributed by atoms with Crippen LogP contribution in [0.25, 0.3) is 0 Å². The molecule has 0 saturated carbocycles. The van der Waals surface area contributed by atoms with E-state index in [1.54, 1.807) is 18.0 Å². The second-order valence-electron chi connectivity index (χ2n) is 6.23. The van der Waals surface area contributed by atoms with E-state index in [1.165, 1.54) is 18.4 Å². The largest absolute Gasteiger partial charge is 0.497 e. The van der Waals surface area contributed by atoms with Gasteiger partial charge in [0, 0.05) is 25.0 Å². The van der Waals surface area contributed by atoms with Crippen molar-refractivity contribution in [3.05, 3.63) is 48.3 Å². The van der Waals surface area contributed by atoms with Crippen LogP contribution in [0.1, 0.15) is 18.4 Å². The third-order valence-corrected chi connectivity index (χ3v) is 4.51. The summed E-state index contributed by atoms with van der Waals surface area (Å²) in [5.74, 6) is 0.908. The molecule has 1 N–H and O–H groups in total. The number of ether oxygens (including phenoxy) is 1. The van der Waals surface area contributed by atoms with Crippen LogP contribution in [0.5, 0.6) is 5.75 Å². The summed E-state index contributed by atoms with van der Waals surface area (Å²) in [4.78, 5) is 2.41. The van der Waals surface area contributed by atoms with Crippen molar-refractivity contribution in [1.82, 2.24) is 14.7 Å². The number of hydrogen-bond donors (Lipinski definition) is 1. The van der Waals surface area contributed by atoms with E-state index in [1.807, 2.05) is 24.4 Å². The number of aromatic nitrogens is 2. The van der Waals surface area contributed by atoms with E-state index in [2.05, 4.69) is 22.1 Å². The summed E-state index contributed by atoms with van der Waals surface area (Å²) < 4.78 is 7.10. The first-order chi connectivity index (χ1) is 11.2. The van der Waals surface area contributed by atoms with Crippen molar-refractivity contribution < 1.29 is 9.84 Å². The molecule has 1 aliphatic rings. The summed E-state index contributed by atoms with van der Waals surface area (Å²) in [6, 6.07) is 10.7. The van der Waals surface area contributed by atoms with Crippen LogP contribution in [-0.2, 0) is 13.0 Å². The van der Waals surface area contributed by atoms with Gasteiger partial charge in [0.1, 0.15) is 5.75 Å². The predicted octanol–water partition coefficient (Wildman–Crippen LogP) is 1.96. The highest BCUT2D eigenvalue weighted by molar-refractivity contribution is 5.29. The second kappa shape index (κ2) is 7.62. The van der Waals surface area contributed by atoms with E-state index >= 15 is 0 Å². The van der Waals surface area contributed by atoms with Crippen LogP contribution in [0.4, 0.5) is 0 Å². The molecule has 1 saturated heterocycles. The average molecular weight is 315 g/mol. The first-order valence-corrected chi connectivity index (χ1v) is 8.27. The summed E-state index contributed by atoms with van der Waals surface area (Å²) in [7, 11) is 1.70. The Morgan fingerprint density at radius 1 is 1.35 bits per heavy atom. The van der Waals surface area contributed by atoms with E-state index in [0.29, 0.717) is 19.1 Å². The first kappa shape index (κ1) is 16.0. The van der Waals surface area contributed by atoms with Crippen LogP contribution < -0.4 is 4.74 Å². The Morgan fingerprint density at radius 2 is 2.26 bits per heavy atom. The molecular formula is C18H25N3O2. The van der Waals surface area contributed by atoms with E-state index in [4.69, 9.17) is 4.74 Å². The molecule has 1 aliphatic heterocycles. The molecule has 5 nitrogen and oxygen atoms in total. The van der Waals surface area contributed by atoms with Crippen molar-refractivity contribution in [2.75, 3.05) is 20.2 Å². The number of likely N-dealkylation sites (tertiary alicyclic amines) is 1. The number of benzene rings is 1. The quantitative estimate of drug-likeness (QED) is 0.848. The van der Waals surface area contributed by atoms with Crippen LogP contribution in [0.3, 0.4) is 0 Å². The van der Waals surface area contributed by atoms with Crippen LogP contribution in [-0.4, -0.2) is 52.1 Å². The number of rotatable bonds is 7. The van der Waals surface area contributed by atoms with Gasteiger partial charge >= 0.3 is 0 Å². The lowest BCUT2D eigenvalue weighted by atomic mass is 10.0. The minimum atomic E-state index is -0.388. The molecule has 0 spiro atoms. The zero-order valence-electron chi connectivity index (χ0n) is 13.6. The van der Waals surface area contributed by atoms with Crippen LogP contribution in [0, 0.1) is 0 Å². The van der Waals surface area contributed by atoms with Gasteiger partial charge in [0.15, 0.2) is 0 Å². The normalized spacial score (nSPS) is 19.8. The number of aliphatic hydroxyl groups excluding tert-OH is 1. The van der Waals surface area contributed by atoms with Gasteiger partial charge in [0.2, 0.25) is 0 Å². The molecule has 0 amide bonds. The maximum absolute atomic E-state index is 10.3. The fraction of sp³-hybridized carbons (Fsp3) is 0.500. The summed E-state index contributed by atoms with van der Waals surface area (Å²) in [6.45, 7) is 2.31. The SMILES string of the molecule is COc1cccc(C[C@@H]2CCCN2C[C@@H](O)Cn2cccn2)c1. The summed E-state index contributed by atoms with van der Waals surface area (Å²) in [6.07, 6.45) is 6.64. The predicted molar refractivity (Wildman–Crippen MR) is 89.5 cm³/mol. The van der Waals surface area contributed by atoms with Crippen molar-refractivity contribution in [2.45, 2.75) is 38.0 Å². The number of hydrogen-bond acceptors (Lipinski definition) is 4. The lowest BCUT2D eigenvalue weighted by Crippen LogP contribution is -2.39. The lowest BCUT2D eigenvalue weighted by molar-refractivity contribution is 0.0890. The highest BCUT2D eigenvalue weighted by atomic mass is 16.5. The van der Waals surface area contributed by atoms with E-state index in [-0.39, 0.29) is 6.10 Å². The highest BCUT2D eigenvalue weighted by Crippen LogP contribution is 2.23. The topological polar surface area (TPSA) is 50.5 Å². The highest BCUT2D eigenvalue weighted by Gasteiger charge is 2.26. The van der Waals surface area contributed by atoms with E-state index in [9.17, 15) is 5.11 Å². The molecule has 1 fully saturated rings. The minimum Gasteiger partial charge on any atom is -0.497 e. The van der Waals surface area contributed by atoms with Crippen LogP contribution in [0.2, 0.25) is 0 Å². The molecule has 124 valence electrons. The first-order valence-electron chi connectivity index (χ1n) is 8.27. The fourth-order valence-electron chi connectivity index (χ4n) is 3.39. The Labute approximate surface area is 137 Å². The monoisotopic (exact) mass is 315 g/mol. The Bertz CT molecular complexity index is 600. The molecule has 0 aliphatic carbocycles. The summed E-state index contributed by atoms with van der Waals surface area (Å²) in [5.41, 5.74) is 1.29. The maximum atomic E-state index is 10.3. The van der Waals surface area contributed by atoms with Crippen molar-refractivity contribution in [1.29, 1.82) is 0 Å². The molecule has 1 aromatic carbocycles. The molecule has 2 aromatic rings. The third kappa shape index (κ3) is 4.33. The minimum absolute atomic E-state index is 0.388. The van der Waals surface area contributed by atoms with Gasteiger partial charge in [-0.25, -0.2) is 0 Å². The number of nitrogens with zero attached hydrogens (tertiary/aromatic N) is 3. The van der Waals surface area contributed by atoms with Crippen molar-refractivity contribution >= 4 is 0 Å². The maximum Gasteiger partial charge on any atom is 0.119 e. The number of β-amino-alcohol motifs (C(OH)–C–C–N with tert-alkyl or cyclic N) is 1. The second-order valence-corrected chi connectivity index (χ2v) is 6.23. The molecule has 5 heteroatoms. The van der Waals surface area contributed by atoms with Crippen LogP contribution in [0.15, 0.2) is 42.7 Å². The Kier molecular flexibility index (Phi) is 5.31. The molecule has 2 heterocycles. The zero-order chi connectivity index (χ0) is 16.1. The molecule has 2 atom stereocenters. The molecular weight excluding hydrogens is 290 g/mol. The smallest absolute Gasteiger partial charge is 0.119 e. The Balaban J connectivity index is 1.56. The van der Waals surface area contributed by atoms with Gasteiger partial charge in [-0.15, -0.1) is 0 Å². The number of aliphatic hydroxyl groups is 1.